The maximum absolute atomic E-state index is 13.3. The molecule has 0 radical (unpaired) electrons. The molecule has 4 N–H and O–H groups in total. The van der Waals surface area contributed by atoms with E-state index in [0.29, 0.717) is 24.6 Å². The maximum atomic E-state index is 13.3. The Hall–Kier alpha value is -3.64. The van der Waals surface area contributed by atoms with Crippen molar-refractivity contribution in [3.8, 4) is 11.1 Å². The number of amides is 2. The van der Waals surface area contributed by atoms with Crippen molar-refractivity contribution in [1.82, 2.24) is 5.32 Å². The highest BCUT2D eigenvalue weighted by atomic mass is 16.5. The topological polar surface area (TPSA) is 93.5 Å². The van der Waals surface area contributed by atoms with Gasteiger partial charge in [0, 0.05) is 11.6 Å². The van der Waals surface area contributed by atoms with E-state index in [0.717, 1.165) is 42.4 Å². The standard InChI is InChI=1S/C30H35N3O3/c1-36-30(35)32-27-12-6-10-25(19-27)24-9-5-11-26(18-24)28(17-21-7-3-2-4-8-21)33-29(34)23-15-13-22(20-31)14-16-23/h2-12,18-19,22-23,28H,13-17,20,31H2,1H3,(H,32,35)(H,33,34). The first-order valence-electron chi connectivity index (χ1n) is 12.7. The molecule has 0 saturated heterocycles. The molecule has 0 bridgehead atoms. The zero-order valence-electron chi connectivity index (χ0n) is 20.8. The molecule has 1 aliphatic rings. The molecule has 3 aromatic carbocycles. The Morgan fingerprint density at radius 1 is 0.917 bits per heavy atom. The molecule has 0 spiro atoms. The number of rotatable bonds is 8. The first-order valence-corrected chi connectivity index (χ1v) is 12.7. The van der Waals surface area contributed by atoms with E-state index in [4.69, 9.17) is 10.5 Å². The van der Waals surface area contributed by atoms with E-state index in [-0.39, 0.29) is 17.9 Å². The number of nitrogens with one attached hydrogen (secondary N) is 2. The summed E-state index contributed by atoms with van der Waals surface area (Å²) in [6, 6.07) is 26.0. The Balaban J connectivity index is 1.57. The predicted molar refractivity (Wildman–Crippen MR) is 143 cm³/mol. The predicted octanol–water partition coefficient (Wildman–Crippen LogP) is 5.70. The first-order chi connectivity index (χ1) is 17.6. The lowest BCUT2D eigenvalue weighted by molar-refractivity contribution is -0.127. The molecule has 0 aliphatic heterocycles. The van der Waals surface area contributed by atoms with Gasteiger partial charge >= 0.3 is 6.09 Å². The normalized spacial score (nSPS) is 18.2. The van der Waals surface area contributed by atoms with Gasteiger partial charge in [-0.1, -0.05) is 60.7 Å². The minimum absolute atomic E-state index is 0.0373. The highest BCUT2D eigenvalue weighted by Crippen LogP contribution is 2.31. The van der Waals surface area contributed by atoms with Gasteiger partial charge in [0.2, 0.25) is 5.91 Å². The molecule has 6 heteroatoms. The minimum Gasteiger partial charge on any atom is -0.453 e. The Morgan fingerprint density at radius 2 is 1.61 bits per heavy atom. The number of hydrogen-bond acceptors (Lipinski definition) is 4. The molecule has 1 aliphatic carbocycles. The van der Waals surface area contributed by atoms with Gasteiger partial charge in [-0.15, -0.1) is 0 Å². The number of ether oxygens (including phenoxy) is 1. The van der Waals surface area contributed by atoms with Crippen molar-refractivity contribution < 1.29 is 14.3 Å². The van der Waals surface area contributed by atoms with Crippen LogP contribution in [0.5, 0.6) is 0 Å². The van der Waals surface area contributed by atoms with Gasteiger partial charge in [0.1, 0.15) is 0 Å². The number of benzene rings is 3. The third-order valence-corrected chi connectivity index (χ3v) is 7.07. The summed E-state index contributed by atoms with van der Waals surface area (Å²) in [4.78, 5) is 24.9. The lowest BCUT2D eigenvalue weighted by atomic mass is 9.81. The van der Waals surface area contributed by atoms with Crippen molar-refractivity contribution in [2.24, 2.45) is 17.6 Å². The van der Waals surface area contributed by atoms with Gasteiger partial charge in [-0.25, -0.2) is 4.79 Å². The third kappa shape index (κ3) is 6.73. The summed E-state index contributed by atoms with van der Waals surface area (Å²) in [6.07, 6.45) is 4.02. The Bertz CT molecular complexity index is 1160. The number of methoxy groups -OCH3 is 1. The first kappa shape index (κ1) is 25.5. The average molecular weight is 486 g/mol. The van der Waals surface area contributed by atoms with E-state index in [1.807, 2.05) is 54.6 Å². The fourth-order valence-corrected chi connectivity index (χ4v) is 4.93. The largest absolute Gasteiger partial charge is 0.453 e. The number of anilines is 1. The van der Waals surface area contributed by atoms with Crippen LogP contribution in [0, 0.1) is 11.8 Å². The molecule has 36 heavy (non-hydrogen) atoms. The summed E-state index contributed by atoms with van der Waals surface area (Å²) in [5, 5.41) is 6.08. The zero-order valence-corrected chi connectivity index (χ0v) is 20.8. The molecular weight excluding hydrogens is 450 g/mol. The monoisotopic (exact) mass is 485 g/mol. The molecule has 1 saturated carbocycles. The van der Waals surface area contributed by atoms with E-state index in [1.165, 1.54) is 12.7 Å². The number of carbonyl (C=O) groups is 2. The number of nitrogens with two attached hydrogens (primary N) is 1. The molecule has 0 heterocycles. The Labute approximate surface area is 213 Å². The summed E-state index contributed by atoms with van der Waals surface area (Å²) in [5.74, 6) is 0.701. The molecule has 2 amide bonds. The van der Waals surface area contributed by atoms with Gasteiger partial charge in [0.25, 0.3) is 0 Å². The summed E-state index contributed by atoms with van der Waals surface area (Å²) in [5.41, 5.74) is 10.7. The molecule has 1 unspecified atom stereocenters. The molecule has 188 valence electrons. The molecule has 0 aromatic heterocycles. The average Bonchev–Trinajstić information content (AvgIpc) is 2.93. The molecule has 3 aromatic rings. The highest BCUT2D eigenvalue weighted by molar-refractivity contribution is 5.86. The van der Waals surface area contributed by atoms with Crippen molar-refractivity contribution in [1.29, 1.82) is 0 Å². The van der Waals surface area contributed by atoms with Crippen LogP contribution in [0.2, 0.25) is 0 Å². The van der Waals surface area contributed by atoms with Crippen LogP contribution in [0.4, 0.5) is 10.5 Å². The van der Waals surface area contributed by atoms with Gasteiger partial charge in [0.05, 0.1) is 13.2 Å². The van der Waals surface area contributed by atoms with Crippen molar-refractivity contribution in [2.45, 2.75) is 38.1 Å². The second-order valence-electron chi connectivity index (χ2n) is 9.53. The fourth-order valence-electron chi connectivity index (χ4n) is 4.93. The van der Waals surface area contributed by atoms with Crippen LogP contribution >= 0.6 is 0 Å². The Morgan fingerprint density at radius 3 is 2.31 bits per heavy atom. The summed E-state index contributed by atoms with van der Waals surface area (Å²) in [7, 11) is 1.34. The van der Waals surface area contributed by atoms with Crippen LogP contribution in [-0.4, -0.2) is 25.7 Å². The maximum Gasteiger partial charge on any atom is 0.411 e. The van der Waals surface area contributed by atoms with Crippen LogP contribution in [0.25, 0.3) is 11.1 Å². The van der Waals surface area contributed by atoms with Gasteiger partial charge in [-0.2, -0.15) is 0 Å². The second-order valence-corrected chi connectivity index (χ2v) is 9.53. The van der Waals surface area contributed by atoms with E-state index in [9.17, 15) is 9.59 Å². The lowest BCUT2D eigenvalue weighted by Gasteiger charge is -2.29. The Kier molecular flexibility index (Phi) is 8.74. The molecule has 1 fully saturated rings. The van der Waals surface area contributed by atoms with Gasteiger partial charge in [-0.05, 0) is 85.0 Å². The second kappa shape index (κ2) is 12.4. The lowest BCUT2D eigenvalue weighted by Crippen LogP contribution is -2.37. The van der Waals surface area contributed by atoms with Crippen LogP contribution < -0.4 is 16.4 Å². The minimum atomic E-state index is -0.507. The number of hydrogen-bond donors (Lipinski definition) is 3. The van der Waals surface area contributed by atoms with Crippen LogP contribution in [0.3, 0.4) is 0 Å². The molecule has 4 rings (SSSR count). The fraction of sp³-hybridized carbons (Fsp3) is 0.333. The SMILES string of the molecule is COC(=O)Nc1cccc(-c2cccc(C(Cc3ccccc3)NC(=O)C3CCC(CN)CC3)c2)c1. The third-order valence-electron chi connectivity index (χ3n) is 7.07. The summed E-state index contributed by atoms with van der Waals surface area (Å²) < 4.78 is 4.71. The van der Waals surface area contributed by atoms with Crippen molar-refractivity contribution in [3.05, 3.63) is 90.0 Å². The van der Waals surface area contributed by atoms with Crippen LogP contribution in [0.1, 0.15) is 42.9 Å². The van der Waals surface area contributed by atoms with E-state index >= 15 is 0 Å². The summed E-state index contributed by atoms with van der Waals surface area (Å²) >= 11 is 0. The zero-order chi connectivity index (χ0) is 25.3. The van der Waals surface area contributed by atoms with Gasteiger partial charge in [-0.3, -0.25) is 10.1 Å². The van der Waals surface area contributed by atoms with Crippen LogP contribution in [0.15, 0.2) is 78.9 Å². The van der Waals surface area contributed by atoms with E-state index in [1.54, 1.807) is 0 Å². The number of carbonyl (C=O) groups excluding carboxylic acids is 2. The van der Waals surface area contributed by atoms with Gasteiger partial charge in [0.15, 0.2) is 0 Å². The molecular formula is C30H35N3O3. The van der Waals surface area contributed by atoms with E-state index in [2.05, 4.69) is 34.9 Å². The summed E-state index contributed by atoms with van der Waals surface area (Å²) in [6.45, 7) is 0.702. The van der Waals surface area contributed by atoms with E-state index < -0.39 is 6.09 Å². The van der Waals surface area contributed by atoms with Crippen molar-refractivity contribution in [3.63, 3.8) is 0 Å². The van der Waals surface area contributed by atoms with Crippen LogP contribution in [-0.2, 0) is 16.0 Å². The molecule has 6 nitrogen and oxygen atoms in total. The van der Waals surface area contributed by atoms with Gasteiger partial charge < -0.3 is 15.8 Å². The highest BCUT2D eigenvalue weighted by Gasteiger charge is 2.27. The van der Waals surface area contributed by atoms with Crippen molar-refractivity contribution in [2.75, 3.05) is 19.0 Å². The smallest absolute Gasteiger partial charge is 0.411 e. The quantitative estimate of drug-likeness (QED) is 0.382. The van der Waals surface area contributed by atoms with Crippen molar-refractivity contribution >= 4 is 17.7 Å². The molecule has 1 atom stereocenters.